The van der Waals surface area contributed by atoms with E-state index in [0.29, 0.717) is 18.9 Å². The summed E-state index contributed by atoms with van der Waals surface area (Å²) in [5, 5.41) is 3.05. The fourth-order valence-electron chi connectivity index (χ4n) is 3.96. The average molecular weight is 394 g/mol. The molecule has 0 spiro atoms. The Balaban J connectivity index is 1.45. The lowest BCUT2D eigenvalue weighted by atomic mass is 9.92. The Morgan fingerprint density at radius 1 is 1.03 bits per heavy atom. The number of nitrogens with one attached hydrogen (secondary N) is 1. The highest BCUT2D eigenvalue weighted by Crippen LogP contribution is 2.26. The molecule has 0 radical (unpaired) electrons. The molecule has 0 aliphatic heterocycles. The fourth-order valence-corrected chi connectivity index (χ4v) is 3.96. The highest BCUT2D eigenvalue weighted by molar-refractivity contribution is 5.81. The second-order valence-corrected chi connectivity index (χ2v) is 8.44. The molecule has 3 rings (SSSR count). The van der Waals surface area contributed by atoms with Crippen molar-refractivity contribution in [3.8, 4) is 5.75 Å². The fraction of sp³-hybridized carbons (Fsp3) is 0.500. The Bertz CT molecular complexity index is 795. The van der Waals surface area contributed by atoms with Gasteiger partial charge in [-0.3, -0.25) is 4.79 Å². The van der Waals surface area contributed by atoms with Crippen molar-refractivity contribution in [2.75, 3.05) is 6.54 Å². The largest absolute Gasteiger partial charge is 0.481 e. The maximum atomic E-state index is 12.6. The van der Waals surface area contributed by atoms with E-state index < -0.39 is 6.10 Å². The number of benzene rings is 2. The standard InChI is InChI=1S/C26H35NO2/c1-4-25(29-24-16-15-22-9-5-6-10-23(22)18-24)26(28)27-17-7-8-20-11-13-21(14-12-20)19(2)3/h11-16,18-19,25H,4-10,17H2,1-3H3,(H,27,28). The molecule has 2 aromatic rings. The maximum Gasteiger partial charge on any atom is 0.261 e. The number of carbonyl (C=O) groups excluding carboxylic acids is 1. The van der Waals surface area contributed by atoms with Crippen LogP contribution in [0.25, 0.3) is 0 Å². The molecule has 0 saturated carbocycles. The van der Waals surface area contributed by atoms with Crippen LogP contribution in [0, 0.1) is 0 Å². The van der Waals surface area contributed by atoms with E-state index in [1.807, 2.05) is 13.0 Å². The van der Waals surface area contributed by atoms with Crippen LogP contribution in [-0.2, 0) is 24.1 Å². The Morgan fingerprint density at radius 2 is 1.76 bits per heavy atom. The zero-order valence-electron chi connectivity index (χ0n) is 18.2. The van der Waals surface area contributed by atoms with E-state index in [-0.39, 0.29) is 5.91 Å². The summed E-state index contributed by atoms with van der Waals surface area (Å²) in [7, 11) is 0. The van der Waals surface area contributed by atoms with Crippen LogP contribution >= 0.6 is 0 Å². The van der Waals surface area contributed by atoms with Gasteiger partial charge in [0.25, 0.3) is 5.91 Å². The molecule has 1 amide bonds. The SMILES string of the molecule is CCC(Oc1ccc2c(c1)CCCC2)C(=O)NCCCc1ccc(C(C)C)cc1. The molecule has 1 aliphatic rings. The first-order valence-corrected chi connectivity index (χ1v) is 11.2. The highest BCUT2D eigenvalue weighted by Gasteiger charge is 2.19. The summed E-state index contributed by atoms with van der Waals surface area (Å²) in [6.07, 6.45) is 6.94. The number of hydrogen-bond donors (Lipinski definition) is 1. The number of amides is 1. The van der Waals surface area contributed by atoms with Gasteiger partial charge in [0, 0.05) is 6.54 Å². The van der Waals surface area contributed by atoms with Crippen molar-refractivity contribution in [1.29, 1.82) is 0 Å². The molecule has 0 fully saturated rings. The molecule has 3 heteroatoms. The lowest BCUT2D eigenvalue weighted by molar-refractivity contribution is -0.128. The van der Waals surface area contributed by atoms with Crippen LogP contribution in [0.15, 0.2) is 42.5 Å². The molecular formula is C26H35NO2. The Labute approximate surface area is 175 Å². The normalized spacial score (nSPS) is 14.3. The van der Waals surface area contributed by atoms with Gasteiger partial charge in [-0.2, -0.15) is 0 Å². The van der Waals surface area contributed by atoms with Gasteiger partial charge in [-0.05, 0) is 85.3 Å². The minimum absolute atomic E-state index is 0.0135. The summed E-state index contributed by atoms with van der Waals surface area (Å²) in [4.78, 5) is 12.6. The summed E-state index contributed by atoms with van der Waals surface area (Å²) in [6.45, 7) is 7.09. The molecule has 2 aromatic carbocycles. The third-order valence-electron chi connectivity index (χ3n) is 5.85. The quantitative estimate of drug-likeness (QED) is 0.564. The van der Waals surface area contributed by atoms with Crippen molar-refractivity contribution in [2.45, 2.75) is 77.7 Å². The Kier molecular flexibility index (Phi) is 7.74. The third kappa shape index (κ3) is 6.09. The van der Waals surface area contributed by atoms with Gasteiger partial charge < -0.3 is 10.1 Å². The molecule has 0 aromatic heterocycles. The first-order valence-electron chi connectivity index (χ1n) is 11.2. The first-order chi connectivity index (χ1) is 14.1. The van der Waals surface area contributed by atoms with E-state index >= 15 is 0 Å². The van der Waals surface area contributed by atoms with Gasteiger partial charge in [-0.1, -0.05) is 51.1 Å². The van der Waals surface area contributed by atoms with Gasteiger partial charge in [-0.25, -0.2) is 0 Å². The first kappa shape index (κ1) is 21.4. The summed E-state index contributed by atoms with van der Waals surface area (Å²) < 4.78 is 6.03. The van der Waals surface area contributed by atoms with E-state index in [4.69, 9.17) is 4.74 Å². The molecule has 0 saturated heterocycles. The molecule has 0 bridgehead atoms. The van der Waals surface area contributed by atoms with E-state index in [1.54, 1.807) is 0 Å². The van der Waals surface area contributed by atoms with Gasteiger partial charge in [0.05, 0.1) is 0 Å². The van der Waals surface area contributed by atoms with Crippen molar-refractivity contribution >= 4 is 5.91 Å². The number of rotatable bonds is 9. The van der Waals surface area contributed by atoms with E-state index in [2.05, 4.69) is 55.6 Å². The molecule has 156 valence electrons. The molecule has 0 heterocycles. The molecular weight excluding hydrogens is 358 g/mol. The van der Waals surface area contributed by atoms with Crippen molar-refractivity contribution in [2.24, 2.45) is 0 Å². The predicted octanol–water partition coefficient (Wildman–Crippen LogP) is 5.60. The summed E-state index contributed by atoms with van der Waals surface area (Å²) in [5.74, 6) is 1.36. The lowest BCUT2D eigenvalue weighted by Crippen LogP contribution is -2.38. The van der Waals surface area contributed by atoms with Gasteiger partial charge >= 0.3 is 0 Å². The van der Waals surface area contributed by atoms with Crippen LogP contribution in [0.3, 0.4) is 0 Å². The second kappa shape index (κ2) is 10.5. The monoisotopic (exact) mass is 393 g/mol. The van der Waals surface area contributed by atoms with Crippen molar-refractivity contribution in [3.63, 3.8) is 0 Å². The Hall–Kier alpha value is -2.29. The zero-order valence-corrected chi connectivity index (χ0v) is 18.2. The maximum absolute atomic E-state index is 12.6. The smallest absolute Gasteiger partial charge is 0.261 e. The van der Waals surface area contributed by atoms with Crippen LogP contribution in [0.1, 0.15) is 74.6 Å². The lowest BCUT2D eigenvalue weighted by Gasteiger charge is -2.20. The van der Waals surface area contributed by atoms with Crippen molar-refractivity contribution in [3.05, 3.63) is 64.7 Å². The predicted molar refractivity (Wildman–Crippen MR) is 120 cm³/mol. The van der Waals surface area contributed by atoms with Crippen LogP contribution in [0.5, 0.6) is 5.75 Å². The van der Waals surface area contributed by atoms with Gasteiger partial charge in [0.15, 0.2) is 6.10 Å². The number of aryl methyl sites for hydroxylation is 3. The molecule has 1 unspecified atom stereocenters. The molecule has 1 N–H and O–H groups in total. The van der Waals surface area contributed by atoms with Crippen molar-refractivity contribution < 1.29 is 9.53 Å². The van der Waals surface area contributed by atoms with E-state index in [1.165, 1.54) is 35.1 Å². The van der Waals surface area contributed by atoms with Crippen molar-refractivity contribution in [1.82, 2.24) is 5.32 Å². The number of fused-ring (bicyclic) bond motifs is 1. The minimum atomic E-state index is -0.429. The molecule has 1 aliphatic carbocycles. The highest BCUT2D eigenvalue weighted by atomic mass is 16.5. The minimum Gasteiger partial charge on any atom is -0.481 e. The number of ether oxygens (including phenoxy) is 1. The third-order valence-corrected chi connectivity index (χ3v) is 5.85. The van der Waals surface area contributed by atoms with Crippen LogP contribution in [0.2, 0.25) is 0 Å². The zero-order chi connectivity index (χ0) is 20.6. The average Bonchev–Trinajstić information content (AvgIpc) is 2.75. The number of hydrogen-bond acceptors (Lipinski definition) is 2. The molecule has 1 atom stereocenters. The van der Waals surface area contributed by atoms with Gasteiger partial charge in [-0.15, -0.1) is 0 Å². The summed E-state index contributed by atoms with van der Waals surface area (Å²) in [5.41, 5.74) is 5.50. The van der Waals surface area contributed by atoms with Crippen LogP contribution in [0.4, 0.5) is 0 Å². The molecule has 3 nitrogen and oxygen atoms in total. The summed E-state index contributed by atoms with van der Waals surface area (Å²) in [6, 6.07) is 15.1. The Morgan fingerprint density at radius 3 is 2.45 bits per heavy atom. The topological polar surface area (TPSA) is 38.3 Å². The number of carbonyl (C=O) groups is 1. The van der Waals surface area contributed by atoms with E-state index in [0.717, 1.165) is 31.4 Å². The second-order valence-electron chi connectivity index (χ2n) is 8.44. The van der Waals surface area contributed by atoms with E-state index in [9.17, 15) is 4.79 Å². The van der Waals surface area contributed by atoms with Crippen LogP contribution < -0.4 is 10.1 Å². The van der Waals surface area contributed by atoms with Crippen LogP contribution in [-0.4, -0.2) is 18.6 Å². The molecule has 29 heavy (non-hydrogen) atoms. The summed E-state index contributed by atoms with van der Waals surface area (Å²) >= 11 is 0. The van der Waals surface area contributed by atoms with Gasteiger partial charge in [0.2, 0.25) is 0 Å². The van der Waals surface area contributed by atoms with Gasteiger partial charge in [0.1, 0.15) is 5.75 Å².